The number of amides is 1. The normalized spacial score (nSPS) is 19.5. The van der Waals surface area contributed by atoms with Crippen LogP contribution in [-0.4, -0.2) is 65.4 Å². The van der Waals surface area contributed by atoms with E-state index in [2.05, 4.69) is 20.2 Å². The number of thioether (sulfide) groups is 1. The van der Waals surface area contributed by atoms with Crippen LogP contribution in [0, 0.1) is 6.92 Å². The molecule has 1 aliphatic carbocycles. The van der Waals surface area contributed by atoms with Gasteiger partial charge < -0.3 is 14.5 Å². The van der Waals surface area contributed by atoms with E-state index in [9.17, 15) is 4.79 Å². The number of aromatic nitrogens is 2. The number of rotatable bonds is 6. The molecule has 0 unspecified atom stereocenters. The van der Waals surface area contributed by atoms with Crippen molar-refractivity contribution in [1.82, 2.24) is 20.2 Å². The molecule has 8 heteroatoms. The maximum Gasteiger partial charge on any atom is 0.255 e. The number of nitrogens with one attached hydrogen (secondary N) is 1. The zero-order valence-corrected chi connectivity index (χ0v) is 18.6. The van der Waals surface area contributed by atoms with Crippen LogP contribution in [0.2, 0.25) is 0 Å². The quantitative estimate of drug-likeness (QED) is 0.555. The smallest absolute Gasteiger partial charge is 0.255 e. The Morgan fingerprint density at radius 2 is 2.00 bits per heavy atom. The maximum atomic E-state index is 13.2. The number of aryl methyl sites for hydroxylation is 1. The molecular weight excluding hydrogens is 400 g/mol. The van der Waals surface area contributed by atoms with Crippen molar-refractivity contribution < 1.29 is 13.9 Å². The fourth-order valence-corrected chi connectivity index (χ4v) is 5.28. The Bertz CT molecular complexity index is 860. The highest BCUT2D eigenvalue weighted by Crippen LogP contribution is 2.34. The minimum atomic E-state index is -0.0962. The Labute approximate surface area is 182 Å². The Kier molecular flexibility index (Phi) is 6.75. The van der Waals surface area contributed by atoms with Gasteiger partial charge in [-0.1, -0.05) is 19.3 Å². The number of hydrogen-bond donors (Lipinski definition) is 1. The molecule has 0 bridgehead atoms. The minimum absolute atomic E-state index is 0.0279. The third kappa shape index (κ3) is 4.40. The van der Waals surface area contributed by atoms with Gasteiger partial charge in [0.2, 0.25) is 0 Å². The lowest BCUT2D eigenvalue weighted by Gasteiger charge is -2.48. The number of carbonyl (C=O) groups excluding carboxylic acids is 1. The van der Waals surface area contributed by atoms with E-state index in [4.69, 9.17) is 9.15 Å². The van der Waals surface area contributed by atoms with E-state index >= 15 is 0 Å². The summed E-state index contributed by atoms with van der Waals surface area (Å²) in [5.74, 6) is 1.02. The average molecular weight is 431 g/mol. The van der Waals surface area contributed by atoms with Gasteiger partial charge in [0.15, 0.2) is 11.6 Å². The summed E-state index contributed by atoms with van der Waals surface area (Å²) >= 11 is 1.46. The first-order chi connectivity index (χ1) is 14.6. The van der Waals surface area contributed by atoms with Crippen molar-refractivity contribution in [3.05, 3.63) is 29.7 Å². The molecule has 2 fully saturated rings. The summed E-state index contributed by atoms with van der Waals surface area (Å²) in [5, 5.41) is 3.91. The van der Waals surface area contributed by atoms with E-state index in [1.54, 1.807) is 6.26 Å². The lowest BCUT2D eigenvalue weighted by Crippen LogP contribution is -2.59. The van der Waals surface area contributed by atoms with Crippen LogP contribution < -0.4 is 5.32 Å². The standard InChI is InChI=1S/C22H30N4O3S/c1-16-18(21(30-2)25-19(24-16)17-7-6-12-29-17)20(27)23-15-22(8-4-3-5-9-22)26-10-13-28-14-11-26/h6-7,12H,3-5,8-11,13-15H2,1-2H3,(H,23,27). The summed E-state index contributed by atoms with van der Waals surface area (Å²) in [6.45, 7) is 5.93. The van der Waals surface area contributed by atoms with Gasteiger partial charge in [-0.2, -0.15) is 0 Å². The van der Waals surface area contributed by atoms with Crippen molar-refractivity contribution >= 4 is 17.7 Å². The van der Waals surface area contributed by atoms with Gasteiger partial charge in [-0.25, -0.2) is 9.97 Å². The molecule has 162 valence electrons. The zero-order chi connectivity index (χ0) is 21.0. The predicted molar refractivity (Wildman–Crippen MR) is 117 cm³/mol. The molecule has 0 atom stereocenters. The molecule has 1 N–H and O–H groups in total. The Hall–Kier alpha value is -1.90. The van der Waals surface area contributed by atoms with E-state index < -0.39 is 0 Å². The summed E-state index contributed by atoms with van der Waals surface area (Å²) in [6, 6.07) is 3.64. The van der Waals surface area contributed by atoms with Crippen molar-refractivity contribution in [3.63, 3.8) is 0 Å². The molecule has 3 heterocycles. The lowest BCUT2D eigenvalue weighted by molar-refractivity contribution is -0.0361. The van der Waals surface area contributed by atoms with Gasteiger partial charge >= 0.3 is 0 Å². The molecule has 1 amide bonds. The number of hydrogen-bond acceptors (Lipinski definition) is 7. The third-order valence-electron chi connectivity index (χ3n) is 6.26. The number of furan rings is 1. The molecule has 0 radical (unpaired) electrons. The number of ether oxygens (including phenoxy) is 1. The maximum absolute atomic E-state index is 13.2. The van der Waals surface area contributed by atoms with Crippen LogP contribution in [0.15, 0.2) is 27.8 Å². The number of nitrogens with zero attached hydrogens (tertiary/aromatic N) is 3. The fourth-order valence-electron chi connectivity index (χ4n) is 4.66. The summed E-state index contributed by atoms with van der Waals surface area (Å²) in [6.07, 6.45) is 9.47. The minimum Gasteiger partial charge on any atom is -0.461 e. The second-order valence-corrected chi connectivity index (χ2v) is 8.86. The molecule has 1 saturated carbocycles. The van der Waals surface area contributed by atoms with Gasteiger partial charge in [0.25, 0.3) is 5.91 Å². The van der Waals surface area contributed by atoms with Gasteiger partial charge in [-0.3, -0.25) is 9.69 Å². The van der Waals surface area contributed by atoms with Crippen molar-refractivity contribution in [2.24, 2.45) is 0 Å². The van der Waals surface area contributed by atoms with Gasteiger partial charge in [0, 0.05) is 25.2 Å². The topological polar surface area (TPSA) is 80.5 Å². The van der Waals surface area contributed by atoms with Gasteiger partial charge in [0.1, 0.15) is 5.03 Å². The molecular formula is C22H30N4O3S. The molecule has 30 heavy (non-hydrogen) atoms. The largest absolute Gasteiger partial charge is 0.461 e. The first-order valence-corrected chi connectivity index (χ1v) is 11.9. The van der Waals surface area contributed by atoms with Crippen LogP contribution in [0.1, 0.15) is 48.2 Å². The molecule has 4 rings (SSSR count). The molecule has 2 aliphatic rings. The van der Waals surface area contributed by atoms with Crippen LogP contribution in [0.5, 0.6) is 0 Å². The zero-order valence-electron chi connectivity index (χ0n) is 17.8. The van der Waals surface area contributed by atoms with Gasteiger partial charge in [-0.05, 0) is 38.2 Å². The van der Waals surface area contributed by atoms with Crippen molar-refractivity contribution in [3.8, 4) is 11.6 Å². The van der Waals surface area contributed by atoms with Crippen LogP contribution >= 0.6 is 11.8 Å². The summed E-state index contributed by atoms with van der Waals surface area (Å²) < 4.78 is 11.0. The monoisotopic (exact) mass is 430 g/mol. The molecule has 1 saturated heterocycles. The second kappa shape index (κ2) is 9.49. The van der Waals surface area contributed by atoms with Crippen LogP contribution in [0.3, 0.4) is 0 Å². The van der Waals surface area contributed by atoms with Crippen molar-refractivity contribution in [1.29, 1.82) is 0 Å². The fraction of sp³-hybridized carbons (Fsp3) is 0.591. The van der Waals surface area contributed by atoms with E-state index in [0.717, 1.165) is 39.1 Å². The average Bonchev–Trinajstić information content (AvgIpc) is 3.33. The molecule has 2 aromatic rings. The van der Waals surface area contributed by atoms with E-state index in [-0.39, 0.29) is 11.4 Å². The van der Waals surface area contributed by atoms with E-state index in [1.165, 1.54) is 31.0 Å². The Morgan fingerprint density at radius 3 is 2.67 bits per heavy atom. The highest BCUT2D eigenvalue weighted by Gasteiger charge is 2.39. The highest BCUT2D eigenvalue weighted by atomic mass is 32.2. The SMILES string of the molecule is CSc1nc(-c2ccco2)nc(C)c1C(=O)NCC1(N2CCOCC2)CCCCC1. The Balaban J connectivity index is 1.54. The Morgan fingerprint density at radius 1 is 1.23 bits per heavy atom. The van der Waals surface area contributed by atoms with Crippen LogP contribution in [0.4, 0.5) is 0 Å². The van der Waals surface area contributed by atoms with Crippen LogP contribution in [-0.2, 0) is 4.74 Å². The lowest BCUT2D eigenvalue weighted by atomic mass is 9.79. The van der Waals surface area contributed by atoms with E-state index in [1.807, 2.05) is 25.3 Å². The summed E-state index contributed by atoms with van der Waals surface area (Å²) in [5.41, 5.74) is 1.26. The first kappa shape index (κ1) is 21.3. The molecule has 0 aromatic carbocycles. The molecule has 2 aromatic heterocycles. The van der Waals surface area contributed by atoms with Crippen LogP contribution in [0.25, 0.3) is 11.6 Å². The molecule has 1 aliphatic heterocycles. The molecule has 7 nitrogen and oxygen atoms in total. The van der Waals surface area contributed by atoms with Gasteiger partial charge in [0.05, 0.1) is 30.7 Å². The predicted octanol–water partition coefficient (Wildman–Crippen LogP) is 3.53. The number of morpholine rings is 1. The summed E-state index contributed by atoms with van der Waals surface area (Å²) in [4.78, 5) is 24.9. The molecule has 0 spiro atoms. The summed E-state index contributed by atoms with van der Waals surface area (Å²) in [7, 11) is 0. The third-order valence-corrected chi connectivity index (χ3v) is 6.94. The first-order valence-electron chi connectivity index (χ1n) is 10.7. The second-order valence-electron chi connectivity index (χ2n) is 8.06. The van der Waals surface area contributed by atoms with Gasteiger partial charge in [-0.15, -0.1) is 11.8 Å². The van der Waals surface area contributed by atoms with E-state index in [0.29, 0.717) is 34.4 Å². The number of carbonyl (C=O) groups is 1. The van der Waals surface area contributed by atoms with Crippen molar-refractivity contribution in [2.45, 2.75) is 49.6 Å². The van der Waals surface area contributed by atoms with Crippen molar-refractivity contribution in [2.75, 3.05) is 39.1 Å². The highest BCUT2D eigenvalue weighted by molar-refractivity contribution is 7.98.